The van der Waals surface area contributed by atoms with Crippen LogP contribution in [0.15, 0.2) is 60.8 Å². The number of nitrogen functional groups attached to an aromatic ring is 1. The fraction of sp³-hybridized carbons (Fsp3) is 0.250. The van der Waals surface area contributed by atoms with Crippen LogP contribution in [-0.4, -0.2) is 18.2 Å². The maximum atomic E-state index is 5.81. The highest BCUT2D eigenvalue weighted by Gasteiger charge is 1.98. The normalized spacial score (nSPS) is 10.7. The maximum Gasteiger partial charge on any atom is 0.120 e. The SMILES string of the molecule is Nc1ccc(OCCCCCOc2ccc3ncccc3c2)cc1. The van der Waals surface area contributed by atoms with Crippen molar-refractivity contribution in [3.05, 3.63) is 60.8 Å². The zero-order valence-electron chi connectivity index (χ0n) is 13.7. The van der Waals surface area contributed by atoms with Gasteiger partial charge in [0.05, 0.1) is 18.7 Å². The number of benzene rings is 2. The van der Waals surface area contributed by atoms with Crippen LogP contribution in [0.25, 0.3) is 10.9 Å². The molecule has 0 saturated heterocycles. The summed E-state index contributed by atoms with van der Waals surface area (Å²) in [4.78, 5) is 4.31. The number of anilines is 1. The van der Waals surface area contributed by atoms with Gasteiger partial charge in [-0.3, -0.25) is 4.98 Å². The first kappa shape index (κ1) is 16.1. The zero-order valence-corrected chi connectivity index (χ0v) is 13.7. The van der Waals surface area contributed by atoms with Crippen LogP contribution in [0.3, 0.4) is 0 Å². The van der Waals surface area contributed by atoms with Crippen LogP contribution in [0, 0.1) is 0 Å². The number of rotatable bonds is 8. The minimum absolute atomic E-state index is 0.714. The molecule has 3 aromatic rings. The quantitative estimate of drug-likeness (QED) is 0.492. The van der Waals surface area contributed by atoms with E-state index < -0.39 is 0 Å². The number of aromatic nitrogens is 1. The molecule has 0 aliphatic rings. The molecule has 1 aromatic heterocycles. The molecule has 0 spiro atoms. The van der Waals surface area contributed by atoms with Crippen LogP contribution in [0.4, 0.5) is 5.69 Å². The average Bonchev–Trinajstić information content (AvgIpc) is 2.62. The molecule has 3 rings (SSSR count). The van der Waals surface area contributed by atoms with Crippen LogP contribution >= 0.6 is 0 Å². The van der Waals surface area contributed by atoms with E-state index in [4.69, 9.17) is 15.2 Å². The van der Waals surface area contributed by atoms with Crippen molar-refractivity contribution in [1.29, 1.82) is 0 Å². The number of fused-ring (bicyclic) bond motifs is 1. The minimum Gasteiger partial charge on any atom is -0.494 e. The molecule has 4 nitrogen and oxygen atoms in total. The second kappa shape index (κ2) is 8.20. The topological polar surface area (TPSA) is 57.4 Å². The van der Waals surface area contributed by atoms with Gasteiger partial charge in [0.1, 0.15) is 11.5 Å². The van der Waals surface area contributed by atoms with Crippen LogP contribution in [0.2, 0.25) is 0 Å². The Balaban J connectivity index is 1.32. The number of nitrogens with zero attached hydrogens (tertiary/aromatic N) is 1. The van der Waals surface area contributed by atoms with Crippen LogP contribution in [0.5, 0.6) is 11.5 Å². The lowest BCUT2D eigenvalue weighted by molar-refractivity contribution is 0.279. The minimum atomic E-state index is 0.714. The number of hydrogen-bond donors (Lipinski definition) is 1. The van der Waals surface area contributed by atoms with E-state index in [2.05, 4.69) is 4.98 Å². The molecular weight excluding hydrogens is 300 g/mol. The molecule has 0 saturated carbocycles. The highest BCUT2D eigenvalue weighted by atomic mass is 16.5. The lowest BCUT2D eigenvalue weighted by Gasteiger charge is -2.08. The molecule has 0 unspecified atom stereocenters. The molecule has 0 bridgehead atoms. The fourth-order valence-corrected chi connectivity index (χ4v) is 2.47. The first-order valence-corrected chi connectivity index (χ1v) is 8.27. The first-order valence-electron chi connectivity index (χ1n) is 8.27. The van der Waals surface area contributed by atoms with Gasteiger partial charge in [-0.15, -0.1) is 0 Å². The lowest BCUT2D eigenvalue weighted by atomic mass is 10.2. The van der Waals surface area contributed by atoms with Gasteiger partial charge in [0, 0.05) is 17.3 Å². The smallest absolute Gasteiger partial charge is 0.120 e. The number of pyridine rings is 1. The molecule has 0 radical (unpaired) electrons. The van der Waals surface area contributed by atoms with E-state index >= 15 is 0 Å². The van der Waals surface area contributed by atoms with Gasteiger partial charge < -0.3 is 15.2 Å². The maximum absolute atomic E-state index is 5.81. The summed E-state index contributed by atoms with van der Waals surface area (Å²) in [5.74, 6) is 1.76. The van der Waals surface area contributed by atoms with Gasteiger partial charge in [-0.25, -0.2) is 0 Å². The van der Waals surface area contributed by atoms with Gasteiger partial charge in [0.15, 0.2) is 0 Å². The van der Waals surface area contributed by atoms with Gasteiger partial charge in [0.25, 0.3) is 0 Å². The van der Waals surface area contributed by atoms with Crippen molar-refractivity contribution < 1.29 is 9.47 Å². The Kier molecular flexibility index (Phi) is 5.51. The molecule has 4 heteroatoms. The number of ether oxygens (including phenoxy) is 2. The van der Waals surface area contributed by atoms with Gasteiger partial charge in [-0.2, -0.15) is 0 Å². The highest BCUT2D eigenvalue weighted by molar-refractivity contribution is 5.79. The Hall–Kier alpha value is -2.75. The fourth-order valence-electron chi connectivity index (χ4n) is 2.47. The molecule has 2 aromatic carbocycles. The number of nitrogens with two attached hydrogens (primary N) is 1. The van der Waals surface area contributed by atoms with Crippen LogP contribution in [0.1, 0.15) is 19.3 Å². The Morgan fingerprint density at radius 2 is 1.50 bits per heavy atom. The molecule has 0 amide bonds. The molecule has 0 aliphatic heterocycles. The number of unbranched alkanes of at least 4 members (excludes halogenated alkanes) is 2. The van der Waals surface area contributed by atoms with E-state index in [9.17, 15) is 0 Å². The predicted molar refractivity (Wildman–Crippen MR) is 97.4 cm³/mol. The van der Waals surface area contributed by atoms with Crippen molar-refractivity contribution in [1.82, 2.24) is 4.98 Å². The average molecular weight is 322 g/mol. The van der Waals surface area contributed by atoms with E-state index in [1.54, 1.807) is 6.20 Å². The summed E-state index contributed by atoms with van der Waals surface area (Å²) < 4.78 is 11.5. The molecule has 0 fully saturated rings. The van der Waals surface area contributed by atoms with Crippen molar-refractivity contribution in [2.75, 3.05) is 18.9 Å². The molecule has 0 atom stereocenters. The first-order chi connectivity index (χ1) is 11.8. The number of hydrogen-bond acceptors (Lipinski definition) is 4. The van der Waals surface area contributed by atoms with E-state index in [1.807, 2.05) is 54.6 Å². The van der Waals surface area contributed by atoms with E-state index in [0.29, 0.717) is 13.2 Å². The van der Waals surface area contributed by atoms with Crippen molar-refractivity contribution in [3.8, 4) is 11.5 Å². The Bertz CT molecular complexity index is 772. The summed E-state index contributed by atoms with van der Waals surface area (Å²) in [6.45, 7) is 1.43. The summed E-state index contributed by atoms with van der Waals surface area (Å²) in [7, 11) is 0. The van der Waals surface area contributed by atoms with E-state index in [1.165, 1.54) is 0 Å². The standard InChI is InChI=1S/C20H22N2O2/c21-17-6-8-18(9-7-17)23-13-2-1-3-14-24-19-10-11-20-16(15-19)5-4-12-22-20/h4-12,15H,1-3,13-14,21H2. The third-order valence-electron chi connectivity index (χ3n) is 3.78. The lowest BCUT2D eigenvalue weighted by Crippen LogP contribution is -2.01. The third-order valence-corrected chi connectivity index (χ3v) is 3.78. The predicted octanol–water partition coefficient (Wildman–Crippen LogP) is 4.45. The molecule has 24 heavy (non-hydrogen) atoms. The summed E-state index contributed by atoms with van der Waals surface area (Å²) in [5, 5.41) is 1.10. The van der Waals surface area contributed by atoms with Gasteiger partial charge in [0.2, 0.25) is 0 Å². The van der Waals surface area contributed by atoms with Crippen molar-refractivity contribution in [3.63, 3.8) is 0 Å². The second-order valence-corrected chi connectivity index (χ2v) is 5.68. The summed E-state index contributed by atoms with van der Waals surface area (Å²) in [6.07, 6.45) is 4.89. The molecule has 0 aliphatic carbocycles. The van der Waals surface area contributed by atoms with Gasteiger partial charge in [-0.1, -0.05) is 6.07 Å². The largest absolute Gasteiger partial charge is 0.494 e. The van der Waals surface area contributed by atoms with E-state index in [-0.39, 0.29) is 0 Å². The Morgan fingerprint density at radius 3 is 2.29 bits per heavy atom. The summed E-state index contributed by atoms with van der Waals surface area (Å²) in [5.41, 5.74) is 7.39. The van der Waals surface area contributed by atoms with Crippen LogP contribution in [-0.2, 0) is 0 Å². The molecular formula is C20H22N2O2. The Labute approximate surface area is 142 Å². The molecule has 1 heterocycles. The summed E-state index contributed by atoms with van der Waals surface area (Å²) in [6, 6.07) is 17.5. The van der Waals surface area contributed by atoms with Crippen molar-refractivity contribution in [2.45, 2.75) is 19.3 Å². The van der Waals surface area contributed by atoms with Crippen molar-refractivity contribution >= 4 is 16.6 Å². The monoisotopic (exact) mass is 322 g/mol. The second-order valence-electron chi connectivity index (χ2n) is 5.68. The van der Waals surface area contributed by atoms with Crippen molar-refractivity contribution in [2.24, 2.45) is 0 Å². The van der Waals surface area contributed by atoms with Crippen LogP contribution < -0.4 is 15.2 Å². The zero-order chi connectivity index (χ0) is 16.6. The Morgan fingerprint density at radius 1 is 0.792 bits per heavy atom. The van der Waals surface area contributed by atoms with E-state index in [0.717, 1.165) is 47.4 Å². The van der Waals surface area contributed by atoms with Gasteiger partial charge in [-0.05, 0) is 67.8 Å². The third kappa shape index (κ3) is 4.62. The summed E-state index contributed by atoms with van der Waals surface area (Å²) >= 11 is 0. The molecule has 124 valence electrons. The van der Waals surface area contributed by atoms with Gasteiger partial charge >= 0.3 is 0 Å². The molecule has 2 N–H and O–H groups in total. The highest BCUT2D eigenvalue weighted by Crippen LogP contribution is 2.19.